The average molecular weight is 385 g/mol. The average Bonchev–Trinajstić information content (AvgIpc) is 3.11. The predicted octanol–water partition coefficient (Wildman–Crippen LogP) is 2.46. The summed E-state index contributed by atoms with van der Waals surface area (Å²) in [4.78, 5) is 14.5. The zero-order valence-electron chi connectivity index (χ0n) is 15.3. The van der Waals surface area contributed by atoms with Gasteiger partial charge in [0.25, 0.3) is 0 Å². The van der Waals surface area contributed by atoms with Gasteiger partial charge in [0.1, 0.15) is 11.6 Å². The van der Waals surface area contributed by atoms with Gasteiger partial charge in [0.05, 0.1) is 12.5 Å². The Morgan fingerprint density at radius 2 is 1.78 bits per heavy atom. The number of carbonyl (C=O) groups excluding carboxylic acids is 1. The molecule has 1 aliphatic carbocycles. The third-order valence-corrected chi connectivity index (χ3v) is 6.33. The van der Waals surface area contributed by atoms with Gasteiger partial charge < -0.3 is 14.8 Å². The van der Waals surface area contributed by atoms with E-state index in [1.54, 1.807) is 4.90 Å². The van der Waals surface area contributed by atoms with Gasteiger partial charge in [-0.25, -0.2) is 0 Å². The van der Waals surface area contributed by atoms with Gasteiger partial charge in [-0.15, -0.1) is 10.2 Å². The summed E-state index contributed by atoms with van der Waals surface area (Å²) in [6.45, 7) is 3.45. The number of hydrogen-bond acceptors (Lipinski definition) is 4. The highest BCUT2D eigenvalue weighted by molar-refractivity contribution is 5.79. The van der Waals surface area contributed by atoms with Crippen LogP contribution in [0.1, 0.15) is 56.1 Å². The van der Waals surface area contributed by atoms with Crippen LogP contribution in [0.25, 0.3) is 0 Å². The van der Waals surface area contributed by atoms with Crippen LogP contribution in [-0.2, 0) is 17.9 Å². The summed E-state index contributed by atoms with van der Waals surface area (Å²) in [5.74, 6) is -0.565. The number of amides is 1. The normalized spacial score (nSPS) is 27.4. The maximum absolute atomic E-state index is 13.3. The summed E-state index contributed by atoms with van der Waals surface area (Å²) < 4.78 is 42.2. The Morgan fingerprint density at radius 1 is 1.04 bits per heavy atom. The lowest BCUT2D eigenvalue weighted by atomic mass is 9.77. The molecule has 4 rings (SSSR count). The number of halogens is 3. The van der Waals surface area contributed by atoms with E-state index in [1.807, 2.05) is 0 Å². The maximum atomic E-state index is 13.3. The molecule has 150 valence electrons. The number of rotatable bonds is 2. The van der Waals surface area contributed by atoms with E-state index in [-0.39, 0.29) is 18.2 Å². The van der Waals surface area contributed by atoms with E-state index in [0.717, 1.165) is 37.6 Å². The van der Waals surface area contributed by atoms with Crippen LogP contribution in [0.5, 0.6) is 0 Å². The van der Waals surface area contributed by atoms with Gasteiger partial charge in [-0.2, -0.15) is 13.2 Å². The third kappa shape index (κ3) is 3.70. The number of nitrogens with one attached hydrogen (secondary N) is 1. The van der Waals surface area contributed by atoms with Crippen molar-refractivity contribution in [2.45, 2.75) is 63.7 Å². The Kier molecular flexibility index (Phi) is 5.13. The fourth-order valence-corrected chi connectivity index (χ4v) is 4.83. The van der Waals surface area contributed by atoms with Crippen LogP contribution >= 0.6 is 0 Å². The molecule has 27 heavy (non-hydrogen) atoms. The lowest BCUT2D eigenvalue weighted by Gasteiger charge is -2.38. The van der Waals surface area contributed by atoms with Crippen molar-refractivity contribution in [1.29, 1.82) is 0 Å². The van der Waals surface area contributed by atoms with Gasteiger partial charge in [-0.3, -0.25) is 4.79 Å². The standard InChI is InChI=1S/C18H26F3N5O/c19-18(20,21)14-4-2-1-3-13(14)17(27)25-8-5-12(6-9-25)16-24-23-15-11-22-7-10-26(15)16/h12-14,22H,1-11H2. The molecule has 1 saturated heterocycles. The van der Waals surface area contributed by atoms with Crippen LogP contribution in [0.3, 0.4) is 0 Å². The summed E-state index contributed by atoms with van der Waals surface area (Å²) in [5.41, 5.74) is 0. The van der Waals surface area contributed by atoms with Crippen molar-refractivity contribution in [2.75, 3.05) is 19.6 Å². The molecule has 2 unspecified atom stereocenters. The summed E-state index contributed by atoms with van der Waals surface area (Å²) >= 11 is 0. The van der Waals surface area contributed by atoms with Crippen molar-refractivity contribution in [3.8, 4) is 0 Å². The van der Waals surface area contributed by atoms with E-state index in [2.05, 4.69) is 20.1 Å². The predicted molar refractivity (Wildman–Crippen MR) is 91.8 cm³/mol. The molecule has 2 aliphatic heterocycles. The fraction of sp³-hybridized carbons (Fsp3) is 0.833. The molecule has 1 aromatic rings. The second kappa shape index (κ2) is 7.41. The van der Waals surface area contributed by atoms with Crippen LogP contribution in [0.2, 0.25) is 0 Å². The number of hydrogen-bond donors (Lipinski definition) is 1. The topological polar surface area (TPSA) is 63.1 Å². The molecule has 1 saturated carbocycles. The first-order valence-corrected chi connectivity index (χ1v) is 9.93. The lowest BCUT2D eigenvalue weighted by molar-refractivity contribution is -0.201. The van der Waals surface area contributed by atoms with Gasteiger partial charge in [0.2, 0.25) is 5.91 Å². The Morgan fingerprint density at radius 3 is 2.52 bits per heavy atom. The van der Waals surface area contributed by atoms with Crippen LogP contribution in [-0.4, -0.2) is 51.4 Å². The van der Waals surface area contributed by atoms with Gasteiger partial charge in [0, 0.05) is 38.0 Å². The number of piperidine rings is 1. The first-order chi connectivity index (χ1) is 12.9. The first kappa shape index (κ1) is 18.7. The molecule has 1 N–H and O–H groups in total. The number of likely N-dealkylation sites (tertiary alicyclic amines) is 1. The zero-order chi connectivity index (χ0) is 19.0. The van der Waals surface area contributed by atoms with Crippen LogP contribution in [0.15, 0.2) is 0 Å². The first-order valence-electron chi connectivity index (χ1n) is 9.93. The quantitative estimate of drug-likeness (QED) is 0.850. The van der Waals surface area contributed by atoms with Crippen molar-refractivity contribution >= 4 is 5.91 Å². The molecule has 9 heteroatoms. The van der Waals surface area contributed by atoms with Crippen molar-refractivity contribution < 1.29 is 18.0 Å². The van der Waals surface area contributed by atoms with E-state index in [1.165, 1.54) is 0 Å². The highest BCUT2D eigenvalue weighted by atomic mass is 19.4. The molecule has 3 aliphatic rings. The van der Waals surface area contributed by atoms with E-state index in [0.29, 0.717) is 38.9 Å². The van der Waals surface area contributed by atoms with E-state index >= 15 is 0 Å². The summed E-state index contributed by atoms with van der Waals surface area (Å²) in [5, 5.41) is 11.9. The van der Waals surface area contributed by atoms with Crippen LogP contribution in [0.4, 0.5) is 13.2 Å². The smallest absolute Gasteiger partial charge is 0.342 e. The molecule has 6 nitrogen and oxygen atoms in total. The SMILES string of the molecule is O=C(C1CCCCC1C(F)(F)F)N1CCC(c2nnc3n2CCNC3)CC1. The number of alkyl halides is 3. The van der Waals surface area contributed by atoms with Gasteiger partial charge in [-0.05, 0) is 25.7 Å². The molecule has 3 heterocycles. The van der Waals surface area contributed by atoms with Crippen molar-refractivity contribution in [3.63, 3.8) is 0 Å². The molecule has 0 spiro atoms. The lowest BCUT2D eigenvalue weighted by Crippen LogP contribution is -2.47. The Hall–Kier alpha value is -1.64. The summed E-state index contributed by atoms with van der Waals surface area (Å²) in [7, 11) is 0. The molecular formula is C18H26F3N5O. The minimum Gasteiger partial charge on any atom is -0.342 e. The maximum Gasteiger partial charge on any atom is 0.392 e. The minimum atomic E-state index is -4.28. The van der Waals surface area contributed by atoms with E-state index < -0.39 is 18.0 Å². The molecule has 0 aromatic carbocycles. The molecule has 0 radical (unpaired) electrons. The molecule has 1 amide bonds. The number of fused-ring (bicyclic) bond motifs is 1. The second-order valence-corrected chi connectivity index (χ2v) is 7.94. The zero-order valence-corrected chi connectivity index (χ0v) is 15.3. The Labute approximate surface area is 156 Å². The Bertz CT molecular complexity index is 681. The summed E-state index contributed by atoms with van der Waals surface area (Å²) in [6.07, 6.45) is -1.11. The molecular weight excluding hydrogens is 359 g/mol. The van der Waals surface area contributed by atoms with Gasteiger partial charge in [0.15, 0.2) is 0 Å². The largest absolute Gasteiger partial charge is 0.392 e. The van der Waals surface area contributed by atoms with Gasteiger partial charge in [-0.1, -0.05) is 12.8 Å². The molecule has 1 aromatic heterocycles. The molecule has 0 bridgehead atoms. The van der Waals surface area contributed by atoms with E-state index in [9.17, 15) is 18.0 Å². The fourth-order valence-electron chi connectivity index (χ4n) is 4.83. The van der Waals surface area contributed by atoms with Gasteiger partial charge >= 0.3 is 6.18 Å². The van der Waals surface area contributed by atoms with Crippen molar-refractivity contribution in [1.82, 2.24) is 25.0 Å². The molecule has 2 atom stereocenters. The number of carbonyl (C=O) groups is 1. The van der Waals surface area contributed by atoms with Crippen molar-refractivity contribution in [3.05, 3.63) is 11.6 Å². The van der Waals surface area contributed by atoms with Crippen LogP contribution < -0.4 is 5.32 Å². The molecule has 2 fully saturated rings. The highest BCUT2D eigenvalue weighted by Gasteiger charge is 2.49. The second-order valence-electron chi connectivity index (χ2n) is 7.94. The van der Waals surface area contributed by atoms with Crippen LogP contribution in [0, 0.1) is 11.8 Å². The van der Waals surface area contributed by atoms with E-state index in [4.69, 9.17) is 0 Å². The Balaban J connectivity index is 1.40. The number of nitrogens with zero attached hydrogens (tertiary/aromatic N) is 4. The minimum absolute atomic E-state index is 0.0797. The summed E-state index contributed by atoms with van der Waals surface area (Å²) in [6, 6.07) is 0. The third-order valence-electron chi connectivity index (χ3n) is 6.33. The monoisotopic (exact) mass is 385 g/mol. The number of aromatic nitrogens is 3. The van der Waals surface area contributed by atoms with Crippen molar-refractivity contribution in [2.24, 2.45) is 11.8 Å². The highest BCUT2D eigenvalue weighted by Crippen LogP contribution is 2.42.